The van der Waals surface area contributed by atoms with Crippen molar-refractivity contribution in [1.29, 1.82) is 0 Å². The molecule has 0 amide bonds. The molecule has 1 aromatic carbocycles. The van der Waals surface area contributed by atoms with E-state index in [9.17, 15) is 4.39 Å². The van der Waals surface area contributed by atoms with Crippen LogP contribution < -0.4 is 4.74 Å². The molecule has 2 heterocycles. The van der Waals surface area contributed by atoms with Crippen molar-refractivity contribution in [2.24, 2.45) is 5.92 Å². The average Bonchev–Trinajstić information content (AvgIpc) is 2.82. The minimum absolute atomic E-state index is 0. The molecule has 0 unspecified atom stereocenters. The normalized spacial score (nSPS) is 11.0. The van der Waals surface area contributed by atoms with Gasteiger partial charge in [0.05, 0.1) is 6.61 Å². The summed E-state index contributed by atoms with van der Waals surface area (Å²) in [5.74, 6) is 1.01. The van der Waals surface area contributed by atoms with Gasteiger partial charge in [0.1, 0.15) is 11.3 Å². The molecule has 2 aromatic heterocycles. The van der Waals surface area contributed by atoms with Crippen LogP contribution >= 0.6 is 12.4 Å². The Morgan fingerprint density at radius 1 is 1.12 bits per heavy atom. The Morgan fingerprint density at radius 3 is 2.46 bits per heavy atom. The fourth-order valence-electron chi connectivity index (χ4n) is 3.18. The van der Waals surface area contributed by atoms with Gasteiger partial charge in [-0.1, -0.05) is 26.0 Å². The zero-order valence-electron chi connectivity index (χ0n) is 15.8. The third kappa shape index (κ3) is 4.18. The summed E-state index contributed by atoms with van der Waals surface area (Å²) in [4.78, 5) is 4.47. The van der Waals surface area contributed by atoms with E-state index in [1.54, 1.807) is 12.1 Å². The van der Waals surface area contributed by atoms with Crippen molar-refractivity contribution in [1.82, 2.24) is 9.55 Å². The van der Waals surface area contributed by atoms with Crippen LogP contribution in [0.15, 0.2) is 36.5 Å². The zero-order chi connectivity index (χ0) is 18.0. The zero-order valence-corrected chi connectivity index (χ0v) is 16.6. The first-order valence-electron chi connectivity index (χ1n) is 8.79. The van der Waals surface area contributed by atoms with Crippen molar-refractivity contribution in [3.8, 4) is 5.88 Å². The maximum atomic E-state index is 13.0. The van der Waals surface area contributed by atoms with Gasteiger partial charge in [0.2, 0.25) is 5.88 Å². The molecular formula is C21H26ClFN2O. The SMILES string of the molecule is Cc1c(C)n(CC(C)C)c2c(OCCc3ccc(F)cc3)nccc12.Cl. The average molecular weight is 377 g/mol. The standard InChI is InChI=1S/C21H25FN2O.ClH/c1-14(2)13-24-16(4)15(3)19-9-11-23-21(20(19)24)25-12-10-17-5-7-18(22)8-6-17;/h5-9,11,14H,10,12-13H2,1-4H3;1H. The fraction of sp³-hybridized carbons (Fsp3) is 0.381. The second-order valence-corrected chi connectivity index (χ2v) is 6.95. The molecule has 0 aliphatic rings. The fourth-order valence-corrected chi connectivity index (χ4v) is 3.18. The molecule has 0 spiro atoms. The number of hydrogen-bond acceptors (Lipinski definition) is 2. The second kappa shape index (κ2) is 8.54. The predicted octanol–water partition coefficient (Wildman–Crippen LogP) is 5.49. The summed E-state index contributed by atoms with van der Waals surface area (Å²) in [7, 11) is 0. The van der Waals surface area contributed by atoms with Crippen molar-refractivity contribution in [3.05, 3.63) is 59.2 Å². The third-order valence-electron chi connectivity index (χ3n) is 4.60. The highest BCUT2D eigenvalue weighted by Crippen LogP contribution is 2.31. The first-order chi connectivity index (χ1) is 12.0. The molecule has 140 valence electrons. The van der Waals surface area contributed by atoms with Crippen LogP contribution in [0.2, 0.25) is 0 Å². The Bertz CT molecular complexity index is 872. The van der Waals surface area contributed by atoms with E-state index in [0.717, 1.165) is 24.0 Å². The van der Waals surface area contributed by atoms with Crippen LogP contribution in [0.25, 0.3) is 10.9 Å². The van der Waals surface area contributed by atoms with Gasteiger partial charge in [-0.15, -0.1) is 12.4 Å². The number of hydrogen-bond donors (Lipinski definition) is 0. The maximum absolute atomic E-state index is 13.0. The van der Waals surface area contributed by atoms with Crippen LogP contribution in [-0.2, 0) is 13.0 Å². The largest absolute Gasteiger partial charge is 0.476 e. The highest BCUT2D eigenvalue weighted by atomic mass is 35.5. The number of nitrogens with zero attached hydrogens (tertiary/aromatic N) is 2. The van der Waals surface area contributed by atoms with E-state index in [0.29, 0.717) is 18.4 Å². The summed E-state index contributed by atoms with van der Waals surface area (Å²) in [6.45, 7) is 10.2. The van der Waals surface area contributed by atoms with Gasteiger partial charge in [-0.05, 0) is 49.1 Å². The summed E-state index contributed by atoms with van der Waals surface area (Å²) in [6, 6.07) is 8.61. The van der Waals surface area contributed by atoms with Crippen LogP contribution in [0.4, 0.5) is 4.39 Å². The first-order valence-corrected chi connectivity index (χ1v) is 8.79. The lowest BCUT2D eigenvalue weighted by Crippen LogP contribution is -2.09. The van der Waals surface area contributed by atoms with Crippen LogP contribution in [0.5, 0.6) is 5.88 Å². The van der Waals surface area contributed by atoms with Gasteiger partial charge in [0.25, 0.3) is 0 Å². The van der Waals surface area contributed by atoms with Gasteiger partial charge in [0.15, 0.2) is 0 Å². The number of rotatable bonds is 6. The summed E-state index contributed by atoms with van der Waals surface area (Å²) in [5, 5.41) is 1.20. The van der Waals surface area contributed by atoms with E-state index in [1.807, 2.05) is 6.20 Å². The Kier molecular flexibility index (Phi) is 6.65. The Morgan fingerprint density at radius 2 is 1.81 bits per heavy atom. The Labute approximate surface area is 160 Å². The molecule has 3 rings (SSSR count). The van der Waals surface area contributed by atoms with Gasteiger partial charge in [-0.2, -0.15) is 0 Å². The number of aromatic nitrogens is 2. The van der Waals surface area contributed by atoms with E-state index < -0.39 is 0 Å². The van der Waals surface area contributed by atoms with Crippen molar-refractivity contribution in [2.75, 3.05) is 6.61 Å². The molecule has 0 aliphatic heterocycles. The summed E-state index contributed by atoms with van der Waals surface area (Å²) in [6.07, 6.45) is 2.53. The molecule has 0 fully saturated rings. The van der Waals surface area contributed by atoms with Crippen LogP contribution in [0.1, 0.15) is 30.7 Å². The van der Waals surface area contributed by atoms with E-state index in [2.05, 4.69) is 43.3 Å². The van der Waals surface area contributed by atoms with Crippen molar-refractivity contribution < 1.29 is 9.13 Å². The molecule has 26 heavy (non-hydrogen) atoms. The van der Waals surface area contributed by atoms with Crippen LogP contribution in [0.3, 0.4) is 0 Å². The number of aryl methyl sites for hydroxylation is 1. The van der Waals surface area contributed by atoms with Crippen molar-refractivity contribution >= 4 is 23.3 Å². The maximum Gasteiger partial charge on any atom is 0.238 e. The van der Waals surface area contributed by atoms with E-state index >= 15 is 0 Å². The van der Waals surface area contributed by atoms with Crippen LogP contribution in [-0.4, -0.2) is 16.2 Å². The molecule has 0 saturated carbocycles. The van der Waals surface area contributed by atoms with Crippen LogP contribution in [0, 0.1) is 25.6 Å². The predicted molar refractivity (Wildman–Crippen MR) is 107 cm³/mol. The van der Waals surface area contributed by atoms with Gasteiger partial charge in [-0.3, -0.25) is 0 Å². The molecule has 3 nitrogen and oxygen atoms in total. The number of benzene rings is 1. The molecule has 0 N–H and O–H groups in total. The summed E-state index contributed by atoms with van der Waals surface area (Å²) >= 11 is 0. The van der Waals surface area contributed by atoms with Gasteiger partial charge < -0.3 is 9.30 Å². The Hall–Kier alpha value is -2.07. The second-order valence-electron chi connectivity index (χ2n) is 6.95. The lowest BCUT2D eigenvalue weighted by atomic mass is 10.1. The molecule has 0 atom stereocenters. The topological polar surface area (TPSA) is 27.1 Å². The number of halogens is 2. The number of ether oxygens (including phenoxy) is 1. The molecular weight excluding hydrogens is 351 g/mol. The summed E-state index contributed by atoms with van der Waals surface area (Å²) in [5.41, 5.74) is 4.67. The quantitative estimate of drug-likeness (QED) is 0.568. The highest BCUT2D eigenvalue weighted by molar-refractivity contribution is 5.88. The van der Waals surface area contributed by atoms with Gasteiger partial charge >= 0.3 is 0 Å². The molecule has 0 radical (unpaired) electrons. The number of pyridine rings is 1. The molecule has 0 aliphatic carbocycles. The highest BCUT2D eigenvalue weighted by Gasteiger charge is 2.16. The number of fused-ring (bicyclic) bond motifs is 1. The van der Waals surface area contributed by atoms with Crippen molar-refractivity contribution in [2.45, 2.75) is 40.7 Å². The Balaban J connectivity index is 0.00000243. The third-order valence-corrected chi connectivity index (χ3v) is 4.60. The van der Waals surface area contributed by atoms with E-state index in [4.69, 9.17) is 4.74 Å². The first kappa shape index (κ1) is 20.2. The monoisotopic (exact) mass is 376 g/mol. The molecule has 0 bridgehead atoms. The molecule has 3 aromatic rings. The minimum atomic E-state index is -0.214. The lowest BCUT2D eigenvalue weighted by Gasteiger charge is -2.13. The van der Waals surface area contributed by atoms with Gasteiger partial charge in [-0.25, -0.2) is 9.37 Å². The smallest absolute Gasteiger partial charge is 0.238 e. The van der Waals surface area contributed by atoms with E-state index in [1.165, 1.54) is 28.8 Å². The van der Waals surface area contributed by atoms with E-state index in [-0.39, 0.29) is 18.2 Å². The van der Waals surface area contributed by atoms with Crippen molar-refractivity contribution in [3.63, 3.8) is 0 Å². The lowest BCUT2D eigenvalue weighted by molar-refractivity contribution is 0.311. The minimum Gasteiger partial charge on any atom is -0.476 e. The molecule has 5 heteroatoms. The molecule has 0 saturated heterocycles. The van der Waals surface area contributed by atoms with Gasteiger partial charge in [0, 0.05) is 30.2 Å². The summed E-state index contributed by atoms with van der Waals surface area (Å²) < 4.78 is 21.3.